The minimum atomic E-state index is -0.817. The Morgan fingerprint density at radius 3 is 2.40 bits per heavy atom. The molecule has 0 aliphatic carbocycles. The van der Waals surface area contributed by atoms with E-state index in [1.54, 1.807) is 31.2 Å². The summed E-state index contributed by atoms with van der Waals surface area (Å²) in [5.41, 5.74) is 0.728. The number of carbonyl (C=O) groups excluding carboxylic acids is 3. The number of hydrogen-bond donors (Lipinski definition) is 2. The number of fused-ring (bicyclic) bond motifs is 1. The first-order chi connectivity index (χ1) is 12.1. The Morgan fingerprint density at radius 1 is 1.20 bits per heavy atom. The molecule has 7 nitrogen and oxygen atoms in total. The van der Waals surface area contributed by atoms with Crippen LogP contribution in [0.15, 0.2) is 24.3 Å². The molecule has 0 aromatic heterocycles. The third-order valence-corrected chi connectivity index (χ3v) is 4.80. The van der Waals surface area contributed by atoms with Crippen LogP contribution in [0.3, 0.4) is 0 Å². The zero-order chi connectivity index (χ0) is 17.8. The molecule has 7 heteroatoms. The Balaban J connectivity index is 1.49. The molecule has 3 rings (SSSR count). The summed E-state index contributed by atoms with van der Waals surface area (Å²) in [6, 6.07) is 5.85. The minimum absolute atomic E-state index is 0.300. The van der Waals surface area contributed by atoms with Crippen LogP contribution in [0.2, 0.25) is 0 Å². The molecule has 0 bridgehead atoms. The number of carbonyl (C=O) groups is 3. The molecule has 1 aromatic carbocycles. The number of nitrogens with zero attached hydrogens (tertiary/aromatic N) is 1. The van der Waals surface area contributed by atoms with Crippen molar-refractivity contribution < 1.29 is 24.0 Å². The molecule has 134 valence electrons. The number of benzene rings is 1. The lowest BCUT2D eigenvalue weighted by Crippen LogP contribution is -3.14. The largest absolute Gasteiger partial charge is 0.370 e. The highest BCUT2D eigenvalue weighted by atomic mass is 16.5. The van der Waals surface area contributed by atoms with E-state index in [0.29, 0.717) is 17.7 Å². The normalized spacial score (nSPS) is 19.0. The van der Waals surface area contributed by atoms with Gasteiger partial charge >= 0.3 is 0 Å². The molecule has 25 heavy (non-hydrogen) atoms. The van der Waals surface area contributed by atoms with E-state index in [9.17, 15) is 14.4 Å². The number of hydrogen-bond acceptors (Lipinski definition) is 4. The van der Waals surface area contributed by atoms with Crippen LogP contribution in [0.25, 0.3) is 0 Å². The van der Waals surface area contributed by atoms with Crippen LogP contribution in [0.1, 0.15) is 34.1 Å². The third kappa shape index (κ3) is 3.72. The second-order valence-electron chi connectivity index (χ2n) is 6.46. The van der Waals surface area contributed by atoms with Crippen LogP contribution in [0.5, 0.6) is 0 Å². The molecule has 0 saturated carbocycles. The first-order valence-electron chi connectivity index (χ1n) is 8.75. The molecule has 1 saturated heterocycles. The molecule has 2 N–H and O–H groups in total. The number of quaternary nitrogens is 1. The summed E-state index contributed by atoms with van der Waals surface area (Å²) in [6.45, 7) is 6.68. The van der Waals surface area contributed by atoms with Gasteiger partial charge in [0.15, 0.2) is 0 Å². The summed E-state index contributed by atoms with van der Waals surface area (Å²) < 4.78 is 5.32. The van der Waals surface area contributed by atoms with Crippen molar-refractivity contribution in [3.8, 4) is 0 Å². The van der Waals surface area contributed by atoms with Crippen molar-refractivity contribution in [1.82, 2.24) is 10.2 Å². The average molecular weight is 346 g/mol. The van der Waals surface area contributed by atoms with Crippen LogP contribution in [0.4, 0.5) is 0 Å². The van der Waals surface area contributed by atoms with Crippen molar-refractivity contribution in [2.75, 3.05) is 39.4 Å². The van der Waals surface area contributed by atoms with Crippen LogP contribution < -0.4 is 10.2 Å². The lowest BCUT2D eigenvalue weighted by molar-refractivity contribution is -0.908. The molecule has 2 heterocycles. The van der Waals surface area contributed by atoms with E-state index < -0.39 is 17.9 Å². The fourth-order valence-corrected chi connectivity index (χ4v) is 3.28. The van der Waals surface area contributed by atoms with Crippen LogP contribution in [-0.2, 0) is 9.53 Å². The van der Waals surface area contributed by atoms with Gasteiger partial charge in [-0.3, -0.25) is 19.3 Å². The second-order valence-corrected chi connectivity index (χ2v) is 6.46. The molecule has 1 aromatic rings. The molecule has 0 spiro atoms. The SMILES string of the molecule is C[C@@H](C(=O)NCCC[NH+]1CCOCC1)N1C(=O)c2ccccc2C1=O. The molecule has 0 unspecified atom stereocenters. The van der Waals surface area contributed by atoms with Gasteiger partial charge in [0.2, 0.25) is 5.91 Å². The van der Waals surface area contributed by atoms with Crippen molar-refractivity contribution in [2.24, 2.45) is 0 Å². The summed E-state index contributed by atoms with van der Waals surface area (Å²) in [5.74, 6) is -1.10. The maximum atomic E-state index is 12.4. The Labute approximate surface area is 146 Å². The van der Waals surface area contributed by atoms with Crippen LogP contribution in [0, 0.1) is 0 Å². The summed E-state index contributed by atoms with van der Waals surface area (Å²) in [7, 11) is 0. The summed E-state index contributed by atoms with van der Waals surface area (Å²) in [4.78, 5) is 39.7. The maximum absolute atomic E-state index is 12.4. The van der Waals surface area contributed by atoms with Crippen molar-refractivity contribution in [3.63, 3.8) is 0 Å². The number of nitrogens with one attached hydrogen (secondary N) is 2. The van der Waals surface area contributed by atoms with Gasteiger partial charge in [0.1, 0.15) is 19.1 Å². The lowest BCUT2D eigenvalue weighted by Gasteiger charge is -2.24. The highest BCUT2D eigenvalue weighted by Crippen LogP contribution is 2.24. The van der Waals surface area contributed by atoms with Gasteiger partial charge < -0.3 is 15.0 Å². The quantitative estimate of drug-likeness (QED) is 0.516. The van der Waals surface area contributed by atoms with Gasteiger partial charge in [-0.25, -0.2) is 0 Å². The molecule has 2 aliphatic heterocycles. The Bertz CT molecular complexity index is 635. The smallest absolute Gasteiger partial charge is 0.262 e. The monoisotopic (exact) mass is 346 g/mol. The van der Waals surface area contributed by atoms with Crippen LogP contribution >= 0.6 is 0 Å². The third-order valence-electron chi connectivity index (χ3n) is 4.80. The van der Waals surface area contributed by atoms with Crippen molar-refractivity contribution in [1.29, 1.82) is 0 Å². The van der Waals surface area contributed by atoms with Gasteiger partial charge in [-0.15, -0.1) is 0 Å². The number of amides is 3. The lowest BCUT2D eigenvalue weighted by atomic mass is 10.1. The minimum Gasteiger partial charge on any atom is -0.370 e. The zero-order valence-electron chi connectivity index (χ0n) is 14.4. The van der Waals surface area contributed by atoms with E-state index in [1.165, 1.54) is 4.90 Å². The fourth-order valence-electron chi connectivity index (χ4n) is 3.28. The molecular formula is C18H24N3O4+. The second kappa shape index (κ2) is 7.76. The number of ether oxygens (including phenoxy) is 1. The molecule has 3 amide bonds. The maximum Gasteiger partial charge on any atom is 0.262 e. The van der Waals surface area contributed by atoms with E-state index in [-0.39, 0.29) is 5.91 Å². The predicted octanol–water partition coefficient (Wildman–Crippen LogP) is -0.907. The summed E-state index contributed by atoms with van der Waals surface area (Å²) in [6.07, 6.45) is 0.857. The summed E-state index contributed by atoms with van der Waals surface area (Å²) >= 11 is 0. The predicted molar refractivity (Wildman–Crippen MR) is 90.4 cm³/mol. The Kier molecular flexibility index (Phi) is 5.45. The van der Waals surface area contributed by atoms with E-state index in [1.807, 2.05) is 0 Å². The fraction of sp³-hybridized carbons (Fsp3) is 0.500. The molecule has 0 radical (unpaired) electrons. The number of imide groups is 1. The van der Waals surface area contributed by atoms with E-state index >= 15 is 0 Å². The Hall–Kier alpha value is -2.25. The molecular weight excluding hydrogens is 322 g/mol. The first kappa shape index (κ1) is 17.6. The average Bonchev–Trinajstić information content (AvgIpc) is 2.90. The van der Waals surface area contributed by atoms with Gasteiger partial charge in [-0.2, -0.15) is 0 Å². The first-order valence-corrected chi connectivity index (χ1v) is 8.75. The van der Waals surface area contributed by atoms with Crippen molar-refractivity contribution in [2.45, 2.75) is 19.4 Å². The molecule has 1 atom stereocenters. The number of rotatable bonds is 6. The summed E-state index contributed by atoms with van der Waals surface area (Å²) in [5, 5.41) is 2.84. The highest BCUT2D eigenvalue weighted by Gasteiger charge is 2.40. The molecule has 1 fully saturated rings. The Morgan fingerprint density at radius 2 is 1.80 bits per heavy atom. The van der Waals surface area contributed by atoms with Gasteiger partial charge in [0.25, 0.3) is 11.8 Å². The van der Waals surface area contributed by atoms with Crippen molar-refractivity contribution in [3.05, 3.63) is 35.4 Å². The topological polar surface area (TPSA) is 80.2 Å². The van der Waals surface area contributed by atoms with Crippen LogP contribution in [-0.4, -0.2) is 68.1 Å². The standard InChI is InChI=1S/C18H23N3O4/c1-13(16(22)19-7-4-8-20-9-11-25-12-10-20)21-17(23)14-5-2-3-6-15(14)18(21)24/h2-3,5-6,13H,4,7-12H2,1H3,(H,19,22)/p+1/t13-/m0/s1. The van der Waals surface area contributed by atoms with Gasteiger partial charge in [-0.05, 0) is 19.1 Å². The van der Waals surface area contributed by atoms with E-state index in [0.717, 1.165) is 44.2 Å². The zero-order valence-corrected chi connectivity index (χ0v) is 14.4. The van der Waals surface area contributed by atoms with E-state index in [2.05, 4.69) is 5.32 Å². The number of morpholine rings is 1. The van der Waals surface area contributed by atoms with E-state index in [4.69, 9.17) is 4.74 Å². The van der Waals surface area contributed by atoms with Crippen molar-refractivity contribution >= 4 is 17.7 Å². The van der Waals surface area contributed by atoms with Gasteiger partial charge in [-0.1, -0.05) is 12.1 Å². The van der Waals surface area contributed by atoms with Gasteiger partial charge in [0, 0.05) is 13.0 Å². The highest BCUT2D eigenvalue weighted by molar-refractivity contribution is 6.22. The molecule has 2 aliphatic rings. The van der Waals surface area contributed by atoms with Gasteiger partial charge in [0.05, 0.1) is 30.9 Å².